The quantitative estimate of drug-likeness (QED) is 0.693. The number of nitrogens with one attached hydrogen (secondary N) is 1. The summed E-state index contributed by atoms with van der Waals surface area (Å²) in [6, 6.07) is 6.00. The van der Waals surface area contributed by atoms with E-state index in [1.807, 2.05) is 37.4 Å². The highest BCUT2D eigenvalue weighted by Crippen LogP contribution is 2.28. The van der Waals surface area contributed by atoms with Crippen LogP contribution in [0.4, 0.5) is 5.82 Å². The van der Waals surface area contributed by atoms with E-state index in [-0.39, 0.29) is 17.8 Å². The highest BCUT2D eigenvalue weighted by Gasteiger charge is 2.23. The number of hydrogen-bond donors (Lipinski definition) is 1. The second kappa shape index (κ2) is 8.42. The van der Waals surface area contributed by atoms with E-state index < -0.39 is 0 Å². The number of amides is 1. The zero-order valence-electron chi connectivity index (χ0n) is 16.9. The normalized spacial score (nSPS) is 15.5. The van der Waals surface area contributed by atoms with E-state index in [2.05, 4.69) is 27.1 Å². The molecular weight excluding hydrogens is 386 g/mol. The maximum absolute atomic E-state index is 13.1. The van der Waals surface area contributed by atoms with Gasteiger partial charge in [0.15, 0.2) is 5.65 Å². The van der Waals surface area contributed by atoms with Gasteiger partial charge in [0, 0.05) is 23.7 Å². The first-order chi connectivity index (χ1) is 14.1. The molecule has 0 spiro atoms. The molecule has 4 rings (SSSR count). The van der Waals surface area contributed by atoms with Crippen molar-refractivity contribution in [2.45, 2.75) is 33.2 Å². The molecule has 1 fully saturated rings. The molecule has 7 nitrogen and oxygen atoms in total. The van der Waals surface area contributed by atoms with Crippen molar-refractivity contribution < 1.29 is 9.53 Å². The Morgan fingerprint density at radius 1 is 1.28 bits per heavy atom. The largest absolute Gasteiger partial charge is 0.378 e. The lowest BCUT2D eigenvalue weighted by Gasteiger charge is -2.29. The molecule has 1 atom stereocenters. The summed E-state index contributed by atoms with van der Waals surface area (Å²) < 4.78 is 5.49. The molecule has 1 N–H and O–H groups in total. The van der Waals surface area contributed by atoms with Crippen molar-refractivity contribution in [3.63, 3.8) is 0 Å². The maximum Gasteiger partial charge on any atom is 0.289 e. The van der Waals surface area contributed by atoms with Gasteiger partial charge in [-0.25, -0.2) is 15.0 Å². The number of nitrogens with zero attached hydrogens (tertiary/aromatic N) is 4. The fourth-order valence-corrected chi connectivity index (χ4v) is 4.51. The summed E-state index contributed by atoms with van der Waals surface area (Å²) >= 11 is 1.64. The molecule has 1 amide bonds. The highest BCUT2D eigenvalue weighted by atomic mass is 32.1. The minimum Gasteiger partial charge on any atom is -0.378 e. The van der Waals surface area contributed by atoms with Crippen LogP contribution in [0.2, 0.25) is 0 Å². The zero-order valence-corrected chi connectivity index (χ0v) is 17.8. The average molecular weight is 412 g/mol. The number of aromatic nitrogens is 3. The Morgan fingerprint density at radius 2 is 2.07 bits per heavy atom. The van der Waals surface area contributed by atoms with Gasteiger partial charge < -0.3 is 15.0 Å². The lowest BCUT2D eigenvalue weighted by Crippen LogP contribution is -2.38. The molecule has 29 heavy (non-hydrogen) atoms. The Morgan fingerprint density at radius 3 is 2.76 bits per heavy atom. The number of carbonyl (C=O) groups is 1. The summed E-state index contributed by atoms with van der Waals surface area (Å²) in [6.45, 7) is 8.77. The van der Waals surface area contributed by atoms with Gasteiger partial charge in [-0.1, -0.05) is 13.0 Å². The van der Waals surface area contributed by atoms with Gasteiger partial charge in [-0.3, -0.25) is 4.79 Å². The van der Waals surface area contributed by atoms with Crippen LogP contribution in [0.25, 0.3) is 11.0 Å². The summed E-state index contributed by atoms with van der Waals surface area (Å²) in [6.07, 6.45) is 0.798. The van der Waals surface area contributed by atoms with E-state index in [0.29, 0.717) is 18.9 Å². The molecule has 0 bridgehead atoms. The van der Waals surface area contributed by atoms with E-state index in [1.54, 1.807) is 11.3 Å². The lowest BCUT2D eigenvalue weighted by atomic mass is 10.1. The molecule has 4 heterocycles. The van der Waals surface area contributed by atoms with Crippen molar-refractivity contribution in [1.82, 2.24) is 20.3 Å². The molecule has 0 aromatic carbocycles. The number of carbonyl (C=O) groups excluding carboxylic acids is 1. The molecule has 0 aliphatic carbocycles. The minimum atomic E-state index is -0.275. The predicted octanol–water partition coefficient (Wildman–Crippen LogP) is 3.42. The van der Waals surface area contributed by atoms with Gasteiger partial charge in [0.2, 0.25) is 5.82 Å². The van der Waals surface area contributed by atoms with E-state index in [0.717, 1.165) is 46.8 Å². The van der Waals surface area contributed by atoms with Crippen LogP contribution < -0.4 is 10.2 Å². The number of fused-ring (bicyclic) bond motifs is 1. The Hall–Kier alpha value is -2.58. The van der Waals surface area contributed by atoms with Crippen molar-refractivity contribution in [2.24, 2.45) is 0 Å². The van der Waals surface area contributed by atoms with Gasteiger partial charge in [-0.2, -0.15) is 0 Å². The van der Waals surface area contributed by atoms with Crippen LogP contribution >= 0.6 is 11.3 Å². The van der Waals surface area contributed by atoms with E-state index >= 15 is 0 Å². The fourth-order valence-electron chi connectivity index (χ4n) is 3.65. The number of rotatable bonds is 5. The van der Waals surface area contributed by atoms with Crippen LogP contribution in [0.5, 0.6) is 0 Å². The van der Waals surface area contributed by atoms with Gasteiger partial charge in [-0.05, 0) is 43.3 Å². The van der Waals surface area contributed by atoms with Gasteiger partial charge in [0.25, 0.3) is 5.91 Å². The topological polar surface area (TPSA) is 80.2 Å². The molecule has 152 valence electrons. The maximum atomic E-state index is 13.1. The summed E-state index contributed by atoms with van der Waals surface area (Å²) in [5.41, 5.74) is 2.50. The Kier molecular flexibility index (Phi) is 5.73. The van der Waals surface area contributed by atoms with Crippen LogP contribution in [-0.4, -0.2) is 47.2 Å². The van der Waals surface area contributed by atoms with Crippen molar-refractivity contribution in [3.05, 3.63) is 45.5 Å². The Bertz CT molecular complexity index is 1020. The molecule has 8 heteroatoms. The summed E-state index contributed by atoms with van der Waals surface area (Å²) in [4.78, 5) is 30.2. The van der Waals surface area contributed by atoms with E-state index in [1.165, 1.54) is 0 Å². The minimum absolute atomic E-state index is 0.0548. The van der Waals surface area contributed by atoms with Gasteiger partial charge in [-0.15, -0.1) is 11.3 Å². The molecular formula is C21H25N5O2S. The number of hydrogen-bond acceptors (Lipinski definition) is 7. The third-order valence-electron chi connectivity index (χ3n) is 5.09. The smallest absolute Gasteiger partial charge is 0.289 e. The highest BCUT2D eigenvalue weighted by molar-refractivity contribution is 7.10. The number of pyridine rings is 1. The van der Waals surface area contributed by atoms with E-state index in [9.17, 15) is 4.79 Å². The molecule has 3 aromatic rings. The predicted molar refractivity (Wildman–Crippen MR) is 115 cm³/mol. The zero-order chi connectivity index (χ0) is 20.4. The third kappa shape index (κ3) is 4.09. The Balaban J connectivity index is 1.75. The van der Waals surface area contributed by atoms with Crippen LogP contribution in [0.1, 0.15) is 46.1 Å². The van der Waals surface area contributed by atoms with Gasteiger partial charge in [0.1, 0.15) is 5.82 Å². The number of anilines is 1. The summed E-state index contributed by atoms with van der Waals surface area (Å²) in [5, 5.41) is 6.00. The molecule has 1 aliphatic rings. The monoisotopic (exact) mass is 411 g/mol. The first-order valence-electron chi connectivity index (χ1n) is 9.89. The SMILES string of the molecule is CC[C@H](NC(=O)c1nc(N2CCOCC2)c2c(C)cc(C)nc2n1)c1cccs1. The van der Waals surface area contributed by atoms with Gasteiger partial charge in [0.05, 0.1) is 24.6 Å². The molecule has 3 aromatic heterocycles. The third-order valence-corrected chi connectivity index (χ3v) is 6.07. The number of thiophene rings is 1. The molecule has 1 saturated heterocycles. The van der Waals surface area contributed by atoms with Crippen LogP contribution in [0.3, 0.4) is 0 Å². The number of morpholine rings is 1. The van der Waals surface area contributed by atoms with Crippen LogP contribution in [0, 0.1) is 13.8 Å². The first kappa shape index (κ1) is 19.7. The fraction of sp³-hybridized carbons (Fsp3) is 0.429. The molecule has 0 saturated carbocycles. The van der Waals surface area contributed by atoms with Crippen molar-refractivity contribution >= 4 is 34.1 Å². The second-order valence-corrected chi connectivity index (χ2v) is 8.18. The van der Waals surface area contributed by atoms with E-state index in [4.69, 9.17) is 9.72 Å². The van der Waals surface area contributed by atoms with Crippen molar-refractivity contribution in [1.29, 1.82) is 0 Å². The van der Waals surface area contributed by atoms with Gasteiger partial charge >= 0.3 is 0 Å². The summed E-state index contributed by atoms with van der Waals surface area (Å²) in [7, 11) is 0. The second-order valence-electron chi connectivity index (χ2n) is 7.20. The first-order valence-corrected chi connectivity index (χ1v) is 10.8. The Labute approximate surface area is 174 Å². The lowest BCUT2D eigenvalue weighted by molar-refractivity contribution is 0.0926. The average Bonchev–Trinajstić information content (AvgIpc) is 3.26. The van der Waals surface area contributed by atoms with Crippen LogP contribution in [0.15, 0.2) is 23.6 Å². The molecule has 0 unspecified atom stereocenters. The number of ether oxygens (including phenoxy) is 1. The summed E-state index contributed by atoms with van der Waals surface area (Å²) in [5.74, 6) is 0.645. The molecule has 0 radical (unpaired) electrons. The standard InChI is InChI=1S/C21H25N5O2S/c1-4-15(16-6-5-11-29-16)23-21(27)19-24-18-17(13(2)12-14(3)22-18)20(25-19)26-7-9-28-10-8-26/h5-6,11-12,15H,4,7-10H2,1-3H3,(H,23,27)/t15-/m0/s1. The molecule has 1 aliphatic heterocycles. The van der Waals surface area contributed by atoms with Crippen molar-refractivity contribution in [3.8, 4) is 0 Å². The number of aryl methyl sites for hydroxylation is 2. The van der Waals surface area contributed by atoms with Crippen LogP contribution in [-0.2, 0) is 4.74 Å². The van der Waals surface area contributed by atoms with Crippen molar-refractivity contribution in [2.75, 3.05) is 31.2 Å².